The van der Waals surface area contributed by atoms with Gasteiger partial charge in [0.05, 0.1) is 17.4 Å². The molecule has 0 bridgehead atoms. The number of hydrogen-bond acceptors (Lipinski definition) is 6. The number of benzene rings is 1. The average Bonchev–Trinajstić information content (AvgIpc) is 3.16. The average molecular weight is 368 g/mol. The van der Waals surface area contributed by atoms with Gasteiger partial charge < -0.3 is 10.1 Å². The minimum atomic E-state index is -0.160. The molecule has 1 atom stereocenters. The Bertz CT molecular complexity index is 867. The van der Waals surface area contributed by atoms with Crippen molar-refractivity contribution in [1.82, 2.24) is 19.9 Å². The Kier molecular flexibility index (Phi) is 5.91. The van der Waals surface area contributed by atoms with Crippen LogP contribution in [0, 0.1) is 0 Å². The zero-order valence-corrected chi connectivity index (χ0v) is 15.5. The maximum Gasteiger partial charge on any atom is 0.265 e. The SMILES string of the molecule is CCc1nnsc1C(=O)N[C@@H](C)c1cccc(OCc2ccccn2)c1. The van der Waals surface area contributed by atoms with Gasteiger partial charge in [0.25, 0.3) is 5.91 Å². The van der Waals surface area contributed by atoms with Gasteiger partial charge in [-0.1, -0.05) is 29.6 Å². The van der Waals surface area contributed by atoms with Crippen molar-refractivity contribution >= 4 is 17.4 Å². The summed E-state index contributed by atoms with van der Waals surface area (Å²) in [5.41, 5.74) is 2.56. The van der Waals surface area contributed by atoms with Crippen LogP contribution in [0.2, 0.25) is 0 Å². The number of pyridine rings is 1. The summed E-state index contributed by atoms with van der Waals surface area (Å²) in [7, 11) is 0. The van der Waals surface area contributed by atoms with E-state index in [0.29, 0.717) is 17.9 Å². The van der Waals surface area contributed by atoms with Crippen molar-refractivity contribution in [2.45, 2.75) is 32.9 Å². The van der Waals surface area contributed by atoms with Crippen LogP contribution in [0.15, 0.2) is 48.7 Å². The number of carbonyl (C=O) groups is 1. The zero-order valence-electron chi connectivity index (χ0n) is 14.7. The maximum atomic E-state index is 12.4. The molecule has 1 N–H and O–H groups in total. The Balaban J connectivity index is 1.64. The number of amides is 1. The molecule has 0 unspecified atom stereocenters. The molecule has 0 saturated carbocycles. The molecule has 0 aliphatic carbocycles. The second-order valence-corrected chi connectivity index (χ2v) is 6.53. The van der Waals surface area contributed by atoms with Crippen LogP contribution < -0.4 is 10.1 Å². The smallest absolute Gasteiger partial charge is 0.265 e. The van der Waals surface area contributed by atoms with Crippen molar-refractivity contribution in [3.05, 3.63) is 70.5 Å². The lowest BCUT2D eigenvalue weighted by atomic mass is 10.1. The molecule has 134 valence electrons. The predicted octanol–water partition coefficient (Wildman–Crippen LogP) is 3.57. The molecule has 0 spiro atoms. The molecule has 6 nitrogen and oxygen atoms in total. The highest BCUT2D eigenvalue weighted by Gasteiger charge is 2.18. The molecule has 3 rings (SSSR count). The van der Waals surface area contributed by atoms with E-state index in [1.807, 2.05) is 56.3 Å². The fourth-order valence-electron chi connectivity index (χ4n) is 2.47. The normalized spacial score (nSPS) is 11.8. The lowest BCUT2D eigenvalue weighted by molar-refractivity contribution is 0.0943. The van der Waals surface area contributed by atoms with E-state index in [1.54, 1.807) is 6.20 Å². The molecule has 26 heavy (non-hydrogen) atoms. The summed E-state index contributed by atoms with van der Waals surface area (Å²) in [6.45, 7) is 4.30. The summed E-state index contributed by atoms with van der Waals surface area (Å²) < 4.78 is 9.67. The molecule has 1 aromatic carbocycles. The molecular weight excluding hydrogens is 348 g/mol. The van der Waals surface area contributed by atoms with Gasteiger partial charge in [0, 0.05) is 6.20 Å². The summed E-state index contributed by atoms with van der Waals surface area (Å²) >= 11 is 1.12. The van der Waals surface area contributed by atoms with Gasteiger partial charge in [0.1, 0.15) is 17.2 Å². The summed E-state index contributed by atoms with van der Waals surface area (Å²) in [4.78, 5) is 17.3. The minimum absolute atomic E-state index is 0.149. The van der Waals surface area contributed by atoms with Gasteiger partial charge in [-0.25, -0.2) is 0 Å². The first kappa shape index (κ1) is 18.0. The molecule has 0 aliphatic heterocycles. The first-order chi connectivity index (χ1) is 12.7. The van der Waals surface area contributed by atoms with E-state index in [9.17, 15) is 4.79 Å². The molecule has 2 aromatic heterocycles. The van der Waals surface area contributed by atoms with E-state index >= 15 is 0 Å². The minimum Gasteiger partial charge on any atom is -0.487 e. The fraction of sp³-hybridized carbons (Fsp3) is 0.263. The van der Waals surface area contributed by atoms with E-state index in [1.165, 1.54) is 0 Å². The largest absolute Gasteiger partial charge is 0.487 e. The maximum absolute atomic E-state index is 12.4. The van der Waals surface area contributed by atoms with Crippen LogP contribution in [0.25, 0.3) is 0 Å². The monoisotopic (exact) mass is 368 g/mol. The van der Waals surface area contributed by atoms with Crippen LogP contribution in [-0.4, -0.2) is 20.5 Å². The lowest BCUT2D eigenvalue weighted by Gasteiger charge is -2.15. The Labute approximate surface area is 156 Å². The lowest BCUT2D eigenvalue weighted by Crippen LogP contribution is -2.26. The van der Waals surface area contributed by atoms with Gasteiger partial charge in [-0.3, -0.25) is 9.78 Å². The molecule has 7 heteroatoms. The first-order valence-electron chi connectivity index (χ1n) is 8.42. The summed E-state index contributed by atoms with van der Waals surface area (Å²) in [6, 6.07) is 13.3. The van der Waals surface area contributed by atoms with E-state index in [-0.39, 0.29) is 11.9 Å². The van der Waals surface area contributed by atoms with Crippen molar-refractivity contribution in [2.75, 3.05) is 0 Å². The van der Waals surface area contributed by atoms with E-state index in [2.05, 4.69) is 19.9 Å². The van der Waals surface area contributed by atoms with Gasteiger partial charge in [-0.05, 0) is 54.7 Å². The zero-order chi connectivity index (χ0) is 18.4. The second kappa shape index (κ2) is 8.53. The van der Waals surface area contributed by atoms with Gasteiger partial charge in [0.2, 0.25) is 0 Å². The Morgan fingerprint density at radius 3 is 2.92 bits per heavy atom. The molecule has 0 aliphatic rings. The van der Waals surface area contributed by atoms with Crippen molar-refractivity contribution in [3.8, 4) is 5.75 Å². The first-order valence-corrected chi connectivity index (χ1v) is 9.19. The summed E-state index contributed by atoms with van der Waals surface area (Å²) in [5, 5.41) is 6.98. The van der Waals surface area contributed by atoms with Crippen LogP contribution in [0.3, 0.4) is 0 Å². The second-order valence-electron chi connectivity index (χ2n) is 5.78. The fourth-order valence-corrected chi connectivity index (χ4v) is 3.13. The molecule has 0 radical (unpaired) electrons. The van der Waals surface area contributed by atoms with Crippen LogP contribution >= 0.6 is 11.5 Å². The Morgan fingerprint density at radius 1 is 1.27 bits per heavy atom. The highest BCUT2D eigenvalue weighted by Crippen LogP contribution is 2.21. The van der Waals surface area contributed by atoms with E-state index in [4.69, 9.17) is 4.74 Å². The number of nitrogens with one attached hydrogen (secondary N) is 1. The highest BCUT2D eigenvalue weighted by atomic mass is 32.1. The standard InChI is InChI=1S/C19H20N4O2S/c1-3-17-18(26-23-22-17)19(24)21-13(2)14-7-6-9-16(11-14)25-12-15-8-4-5-10-20-15/h4-11,13H,3,12H2,1-2H3,(H,21,24)/t13-/m0/s1. The van der Waals surface area contributed by atoms with Crippen molar-refractivity contribution < 1.29 is 9.53 Å². The number of ether oxygens (including phenoxy) is 1. The third-order valence-corrected chi connectivity index (χ3v) is 4.68. The number of rotatable bonds is 7. The number of nitrogens with zero attached hydrogens (tertiary/aromatic N) is 3. The predicted molar refractivity (Wildman–Crippen MR) is 100 cm³/mol. The summed E-state index contributed by atoms with van der Waals surface area (Å²) in [6.07, 6.45) is 2.43. The molecular formula is C19H20N4O2S. The van der Waals surface area contributed by atoms with Gasteiger partial charge in [-0.2, -0.15) is 0 Å². The van der Waals surface area contributed by atoms with E-state index in [0.717, 1.165) is 34.2 Å². The Morgan fingerprint density at radius 2 is 2.15 bits per heavy atom. The quantitative estimate of drug-likeness (QED) is 0.690. The van der Waals surface area contributed by atoms with Crippen LogP contribution in [0.5, 0.6) is 5.75 Å². The molecule has 3 aromatic rings. The molecule has 1 amide bonds. The molecule has 0 fully saturated rings. The topological polar surface area (TPSA) is 77.0 Å². The van der Waals surface area contributed by atoms with Crippen LogP contribution in [-0.2, 0) is 13.0 Å². The number of carbonyl (C=O) groups excluding carboxylic acids is 1. The van der Waals surface area contributed by atoms with Crippen molar-refractivity contribution in [3.63, 3.8) is 0 Å². The van der Waals surface area contributed by atoms with Crippen molar-refractivity contribution in [1.29, 1.82) is 0 Å². The highest BCUT2D eigenvalue weighted by molar-refractivity contribution is 7.08. The third-order valence-electron chi connectivity index (χ3n) is 3.92. The van der Waals surface area contributed by atoms with Crippen LogP contribution in [0.1, 0.15) is 46.5 Å². The van der Waals surface area contributed by atoms with Crippen LogP contribution in [0.4, 0.5) is 0 Å². The molecule has 0 saturated heterocycles. The third kappa shape index (κ3) is 4.43. The summed E-state index contributed by atoms with van der Waals surface area (Å²) in [5.74, 6) is 0.590. The van der Waals surface area contributed by atoms with Gasteiger partial charge >= 0.3 is 0 Å². The van der Waals surface area contributed by atoms with Gasteiger partial charge in [0.15, 0.2) is 0 Å². The molecule has 2 heterocycles. The Hall–Kier alpha value is -2.80. The van der Waals surface area contributed by atoms with E-state index < -0.39 is 0 Å². The number of hydrogen-bond donors (Lipinski definition) is 1. The number of aryl methyl sites for hydroxylation is 1. The van der Waals surface area contributed by atoms with Gasteiger partial charge in [-0.15, -0.1) is 5.10 Å². The number of aromatic nitrogens is 3. The van der Waals surface area contributed by atoms with Crippen molar-refractivity contribution in [2.24, 2.45) is 0 Å².